The van der Waals surface area contributed by atoms with Crippen molar-refractivity contribution in [3.63, 3.8) is 0 Å². The zero-order valence-electron chi connectivity index (χ0n) is 17.3. The van der Waals surface area contributed by atoms with E-state index < -0.39 is 16.6 Å². The molecule has 7 nitrogen and oxygen atoms in total. The van der Waals surface area contributed by atoms with Gasteiger partial charge in [-0.2, -0.15) is 0 Å². The number of likely N-dealkylation sites (tertiary alicyclic amines) is 1. The maximum atomic E-state index is 12.7. The smallest absolute Gasteiger partial charge is 0.261 e. The van der Waals surface area contributed by atoms with Crippen molar-refractivity contribution in [3.05, 3.63) is 62.6 Å². The van der Waals surface area contributed by atoms with Crippen molar-refractivity contribution in [2.45, 2.75) is 41.7 Å². The number of aromatic nitrogens is 1. The number of pyridine rings is 1. The topological polar surface area (TPSA) is 96.9 Å². The van der Waals surface area contributed by atoms with Crippen molar-refractivity contribution in [2.24, 2.45) is 0 Å². The first kappa shape index (κ1) is 18.2. The number of nitrogens with one attached hydrogen (secondary N) is 1. The number of aromatic hydroxyl groups is 1. The number of phenolic OH excluding ortho intramolecular Hbond substituents is 1. The molecule has 2 bridgehead atoms. The van der Waals surface area contributed by atoms with E-state index in [0.717, 1.165) is 29.8 Å². The Bertz CT molecular complexity index is 1200. The van der Waals surface area contributed by atoms with Crippen molar-refractivity contribution in [2.75, 3.05) is 27.7 Å². The van der Waals surface area contributed by atoms with E-state index >= 15 is 0 Å². The van der Waals surface area contributed by atoms with Crippen LogP contribution >= 0.6 is 0 Å². The van der Waals surface area contributed by atoms with Gasteiger partial charge < -0.3 is 20.1 Å². The molecule has 7 heteroatoms. The van der Waals surface area contributed by atoms with Gasteiger partial charge in [0.05, 0.1) is 11.6 Å². The van der Waals surface area contributed by atoms with E-state index in [9.17, 15) is 19.8 Å². The zero-order valence-corrected chi connectivity index (χ0v) is 17.3. The number of fused-ring (bicyclic) bond motifs is 3. The molecule has 4 atom stereocenters. The van der Waals surface area contributed by atoms with Gasteiger partial charge in [0.15, 0.2) is 0 Å². The van der Waals surface area contributed by atoms with E-state index in [1.165, 1.54) is 10.5 Å². The molecule has 1 aliphatic heterocycles. The second kappa shape index (κ2) is 5.15. The average molecular weight is 407 g/mol. The van der Waals surface area contributed by atoms with Crippen LogP contribution in [0.4, 0.5) is 0 Å². The molecule has 4 aliphatic rings. The minimum absolute atomic E-state index is 0.0184. The van der Waals surface area contributed by atoms with Gasteiger partial charge in [-0.15, -0.1) is 0 Å². The van der Waals surface area contributed by atoms with Crippen LogP contribution in [0.5, 0.6) is 5.75 Å². The maximum Gasteiger partial charge on any atom is 0.261 e. The van der Waals surface area contributed by atoms with Gasteiger partial charge in [0.2, 0.25) is 0 Å². The van der Waals surface area contributed by atoms with Crippen LogP contribution < -0.4 is 5.56 Å². The van der Waals surface area contributed by atoms with Crippen LogP contribution in [0.25, 0.3) is 0 Å². The van der Waals surface area contributed by atoms with Crippen LogP contribution in [0.3, 0.4) is 0 Å². The number of benzene rings is 1. The number of aromatic amines is 1. The molecule has 1 amide bonds. The molecular weight excluding hydrogens is 382 g/mol. The molecule has 3 aliphatic carbocycles. The van der Waals surface area contributed by atoms with E-state index in [4.69, 9.17) is 0 Å². The predicted molar refractivity (Wildman–Crippen MR) is 110 cm³/mol. The predicted octanol–water partition coefficient (Wildman–Crippen LogP) is 0.519. The molecule has 30 heavy (non-hydrogen) atoms. The van der Waals surface area contributed by atoms with Crippen LogP contribution in [0.1, 0.15) is 39.2 Å². The fourth-order valence-electron chi connectivity index (χ4n) is 7.37. The lowest BCUT2D eigenvalue weighted by Crippen LogP contribution is -2.74. The first-order chi connectivity index (χ1) is 14.1. The summed E-state index contributed by atoms with van der Waals surface area (Å²) >= 11 is 0. The largest absolute Gasteiger partial charge is 0.508 e. The lowest BCUT2D eigenvalue weighted by atomic mass is 9.55. The summed E-state index contributed by atoms with van der Waals surface area (Å²) in [5.74, 6) is -0.142. The van der Waals surface area contributed by atoms with E-state index in [0.29, 0.717) is 12.8 Å². The van der Waals surface area contributed by atoms with Gasteiger partial charge in [-0.05, 0) is 48.4 Å². The molecule has 2 aromatic rings. The number of aliphatic hydroxyl groups is 1. The summed E-state index contributed by atoms with van der Waals surface area (Å²) in [5, 5.41) is 22.4. The molecule has 1 saturated carbocycles. The Morgan fingerprint density at radius 1 is 1.23 bits per heavy atom. The molecule has 156 valence electrons. The lowest BCUT2D eigenvalue weighted by molar-refractivity contribution is -0.126. The third-order valence-electron chi connectivity index (χ3n) is 8.24. The van der Waals surface area contributed by atoms with E-state index in [1.807, 2.05) is 13.1 Å². The average Bonchev–Trinajstić information content (AvgIpc) is 3.03. The molecule has 2 unspecified atom stereocenters. The number of amides is 1. The monoisotopic (exact) mass is 407 g/mol. The standard InChI is InChI=1S/C23H25N3O4/c1-25(2)19(29)14-6-12-8-23(30)20-21(11-26(20)3)10-22(23,9-17(12)24-18(14)28)16-7-13(27)4-5-15(16)21/h4-7,20,27,30H,8-11H2,1-3H3,(H,24,28)/t20-,21?,22+,23?/m1/s1. The molecule has 3 N–H and O–H groups in total. The first-order valence-corrected chi connectivity index (χ1v) is 10.4. The molecule has 2 heterocycles. The van der Waals surface area contributed by atoms with Crippen LogP contribution in [-0.4, -0.2) is 70.2 Å². The van der Waals surface area contributed by atoms with Crippen molar-refractivity contribution < 1.29 is 15.0 Å². The number of carbonyl (C=O) groups excluding carboxylic acids is 1. The third-order valence-corrected chi connectivity index (χ3v) is 8.24. The van der Waals surface area contributed by atoms with E-state index in [-0.39, 0.29) is 28.7 Å². The third kappa shape index (κ3) is 1.76. The van der Waals surface area contributed by atoms with Crippen molar-refractivity contribution in [3.8, 4) is 5.75 Å². The minimum atomic E-state index is -1.02. The normalized spacial score (nSPS) is 35.1. The summed E-state index contributed by atoms with van der Waals surface area (Å²) in [7, 11) is 5.29. The Hall–Kier alpha value is -2.64. The number of hydrogen-bond acceptors (Lipinski definition) is 5. The van der Waals surface area contributed by atoms with Crippen LogP contribution in [-0.2, 0) is 23.7 Å². The molecular formula is C23H25N3O4. The maximum absolute atomic E-state index is 12.7. The fourth-order valence-corrected chi connectivity index (χ4v) is 7.37. The lowest BCUT2D eigenvalue weighted by Gasteiger charge is -2.61. The van der Waals surface area contributed by atoms with Crippen LogP contribution in [0, 0.1) is 0 Å². The number of nitrogens with zero attached hydrogens (tertiary/aromatic N) is 2. The highest BCUT2D eigenvalue weighted by atomic mass is 16.3. The molecule has 0 radical (unpaired) electrons. The Balaban J connectivity index is 1.57. The van der Waals surface area contributed by atoms with Crippen molar-refractivity contribution >= 4 is 5.91 Å². The molecule has 1 aromatic heterocycles. The number of rotatable bonds is 1. The number of hydrogen-bond donors (Lipinski definition) is 3. The molecule has 1 saturated heterocycles. The quantitative estimate of drug-likeness (QED) is 0.641. The van der Waals surface area contributed by atoms with Gasteiger partial charge in [0.1, 0.15) is 11.3 Å². The van der Waals surface area contributed by atoms with Gasteiger partial charge >= 0.3 is 0 Å². The minimum Gasteiger partial charge on any atom is -0.508 e. The second-order valence-corrected chi connectivity index (χ2v) is 9.96. The Kier molecular flexibility index (Phi) is 3.12. The SMILES string of the molecule is CN(C)C(=O)c1cc2c([nH]c1=O)C[C@@]13CC4(CN(C)[C@H]4C1(O)C2)c1ccc(O)cc13. The highest BCUT2D eigenvalue weighted by Gasteiger charge is 2.80. The van der Waals surface area contributed by atoms with Gasteiger partial charge in [0, 0.05) is 50.0 Å². The number of H-pyrrole nitrogens is 1. The van der Waals surface area contributed by atoms with Crippen LogP contribution in [0.2, 0.25) is 0 Å². The summed E-state index contributed by atoms with van der Waals surface area (Å²) in [6, 6.07) is 7.20. The summed E-state index contributed by atoms with van der Waals surface area (Å²) in [6.45, 7) is 0.872. The molecule has 2 spiro atoms. The molecule has 1 aromatic carbocycles. The van der Waals surface area contributed by atoms with E-state index in [2.05, 4.69) is 9.88 Å². The molecule has 2 fully saturated rings. The Labute approximate surface area is 173 Å². The summed E-state index contributed by atoms with van der Waals surface area (Å²) in [6.07, 6.45) is 1.68. The van der Waals surface area contributed by atoms with Gasteiger partial charge in [-0.1, -0.05) is 6.07 Å². The van der Waals surface area contributed by atoms with Gasteiger partial charge in [-0.3, -0.25) is 14.5 Å². The molecule has 6 rings (SSSR count). The number of phenols is 1. The van der Waals surface area contributed by atoms with Crippen LogP contribution in [0.15, 0.2) is 29.1 Å². The van der Waals surface area contributed by atoms with Crippen molar-refractivity contribution in [1.82, 2.24) is 14.8 Å². The summed E-state index contributed by atoms with van der Waals surface area (Å²) in [5.41, 5.74) is 1.86. The highest BCUT2D eigenvalue weighted by molar-refractivity contribution is 5.93. The number of carbonyl (C=O) groups is 1. The Morgan fingerprint density at radius 3 is 2.70 bits per heavy atom. The zero-order chi connectivity index (χ0) is 21.2. The Morgan fingerprint density at radius 2 is 2.00 bits per heavy atom. The highest BCUT2D eigenvalue weighted by Crippen LogP contribution is 2.72. The summed E-state index contributed by atoms with van der Waals surface area (Å²) < 4.78 is 0. The summed E-state index contributed by atoms with van der Waals surface area (Å²) in [4.78, 5) is 31.7. The van der Waals surface area contributed by atoms with Gasteiger partial charge in [0.25, 0.3) is 11.5 Å². The number of likely N-dealkylation sites (N-methyl/N-ethyl adjacent to an activating group) is 1. The van der Waals surface area contributed by atoms with Crippen molar-refractivity contribution in [1.29, 1.82) is 0 Å². The van der Waals surface area contributed by atoms with Gasteiger partial charge in [-0.25, -0.2) is 0 Å². The van der Waals surface area contributed by atoms with E-state index in [1.54, 1.807) is 32.3 Å². The first-order valence-electron chi connectivity index (χ1n) is 10.4. The fraction of sp³-hybridized carbons (Fsp3) is 0.478. The second-order valence-electron chi connectivity index (χ2n) is 9.96.